The lowest BCUT2D eigenvalue weighted by atomic mass is 10.1. The average molecular weight is 584 g/mol. The van der Waals surface area contributed by atoms with Gasteiger partial charge in [-0.25, -0.2) is 4.98 Å². The molecule has 1 atom stereocenters. The normalized spacial score (nSPS) is 14.0. The van der Waals surface area contributed by atoms with E-state index in [9.17, 15) is 4.79 Å². The number of nitriles is 1. The molecule has 204 valence electrons. The first kappa shape index (κ1) is 28.9. The molecular weight excluding hydrogens is 551 g/mol. The molecule has 1 amide bonds. The van der Waals surface area contributed by atoms with E-state index < -0.39 is 0 Å². The number of carbonyl (C=O) groups is 1. The van der Waals surface area contributed by atoms with Crippen molar-refractivity contribution in [1.82, 2.24) is 25.1 Å². The van der Waals surface area contributed by atoms with Crippen LogP contribution in [-0.2, 0) is 24.3 Å². The smallest absolute Gasteiger partial charge is 0.226 e. The van der Waals surface area contributed by atoms with Gasteiger partial charge in [0, 0.05) is 43.6 Å². The summed E-state index contributed by atoms with van der Waals surface area (Å²) in [7, 11) is 0. The van der Waals surface area contributed by atoms with Crippen LogP contribution in [0.3, 0.4) is 0 Å². The number of imidazole rings is 1. The Morgan fingerprint density at radius 3 is 2.69 bits per heavy atom. The van der Waals surface area contributed by atoms with Crippen molar-refractivity contribution in [3.63, 3.8) is 0 Å². The van der Waals surface area contributed by atoms with E-state index in [2.05, 4.69) is 21.7 Å². The van der Waals surface area contributed by atoms with Gasteiger partial charge in [-0.15, -0.1) is 0 Å². The Morgan fingerprint density at radius 1 is 1.23 bits per heavy atom. The van der Waals surface area contributed by atoms with Crippen molar-refractivity contribution in [2.75, 3.05) is 6.54 Å². The Kier molecular flexibility index (Phi) is 10.2. The van der Waals surface area contributed by atoms with Crippen LogP contribution in [0.4, 0.5) is 0 Å². The van der Waals surface area contributed by atoms with Gasteiger partial charge in [0.05, 0.1) is 34.4 Å². The van der Waals surface area contributed by atoms with Crippen LogP contribution >= 0.6 is 35.4 Å². The second-order valence-corrected chi connectivity index (χ2v) is 11.2. The molecule has 0 saturated heterocycles. The van der Waals surface area contributed by atoms with Crippen LogP contribution in [0.5, 0.6) is 0 Å². The Balaban J connectivity index is 1.38. The van der Waals surface area contributed by atoms with Crippen molar-refractivity contribution in [3.8, 4) is 6.07 Å². The van der Waals surface area contributed by atoms with Crippen LogP contribution in [0.1, 0.15) is 55.0 Å². The third-order valence-corrected chi connectivity index (χ3v) is 8.07. The summed E-state index contributed by atoms with van der Waals surface area (Å²) in [5, 5.41) is 17.3. The van der Waals surface area contributed by atoms with Crippen LogP contribution in [-0.4, -0.2) is 44.1 Å². The first-order valence-electron chi connectivity index (χ1n) is 13.1. The molecule has 1 saturated carbocycles. The lowest BCUT2D eigenvalue weighted by molar-refractivity contribution is -0.121. The number of aromatic nitrogens is 2. The standard InChI is InChI=1S/C29H32Cl2N6OS/c1-20(34-27(38)13-25-15-33-19-37(25)17-22-11-9-21(14-32)10-12-22)16-36(29(39)35-24-6-2-3-7-24)18-23-5-4-8-26(30)28(23)31/h4-5,8-12,15,19-20,24H,2-3,6-7,13,16-18H2,1H3,(H,34,38)(H,35,39)/t20-/m0/s1. The van der Waals surface area contributed by atoms with Gasteiger partial charge in [-0.3, -0.25) is 4.79 Å². The summed E-state index contributed by atoms with van der Waals surface area (Å²) in [5.41, 5.74) is 3.33. The summed E-state index contributed by atoms with van der Waals surface area (Å²) in [4.78, 5) is 19.3. The van der Waals surface area contributed by atoms with E-state index in [1.807, 2.05) is 40.7 Å². The Bertz CT molecular complexity index is 1330. The molecule has 4 rings (SSSR count). The highest BCUT2D eigenvalue weighted by Crippen LogP contribution is 2.27. The van der Waals surface area contributed by atoms with Crippen LogP contribution in [0, 0.1) is 11.3 Å². The minimum absolute atomic E-state index is 0.0977. The van der Waals surface area contributed by atoms with E-state index >= 15 is 0 Å². The number of carbonyl (C=O) groups excluding carboxylic acids is 1. The molecule has 0 bridgehead atoms. The first-order chi connectivity index (χ1) is 18.8. The van der Waals surface area contributed by atoms with Crippen molar-refractivity contribution < 1.29 is 4.79 Å². The van der Waals surface area contributed by atoms with Gasteiger partial charge in [0.2, 0.25) is 5.91 Å². The van der Waals surface area contributed by atoms with Gasteiger partial charge in [0.25, 0.3) is 0 Å². The van der Waals surface area contributed by atoms with Gasteiger partial charge in [0.1, 0.15) is 0 Å². The van der Waals surface area contributed by atoms with Crippen LogP contribution in [0.25, 0.3) is 0 Å². The van der Waals surface area contributed by atoms with E-state index in [-0.39, 0.29) is 18.4 Å². The maximum absolute atomic E-state index is 13.0. The molecule has 0 aliphatic heterocycles. The number of amides is 1. The number of hydrogen-bond acceptors (Lipinski definition) is 4. The number of nitrogens with one attached hydrogen (secondary N) is 2. The van der Waals surface area contributed by atoms with Gasteiger partial charge >= 0.3 is 0 Å². The van der Waals surface area contributed by atoms with Crippen molar-refractivity contribution in [1.29, 1.82) is 5.26 Å². The summed E-state index contributed by atoms with van der Waals surface area (Å²) < 4.78 is 1.94. The van der Waals surface area contributed by atoms with Crippen LogP contribution < -0.4 is 10.6 Å². The molecular formula is C29H32Cl2N6OS. The average Bonchev–Trinajstić information content (AvgIpc) is 3.59. The predicted molar refractivity (Wildman–Crippen MR) is 159 cm³/mol. The van der Waals surface area contributed by atoms with Crippen molar-refractivity contribution in [3.05, 3.63) is 87.4 Å². The van der Waals surface area contributed by atoms with Crippen molar-refractivity contribution in [2.24, 2.45) is 0 Å². The molecule has 3 aromatic rings. The number of halogens is 2. The highest BCUT2D eigenvalue weighted by atomic mass is 35.5. The summed E-state index contributed by atoms with van der Waals surface area (Å²) in [6.07, 6.45) is 8.24. The van der Waals surface area contributed by atoms with E-state index in [0.29, 0.717) is 46.4 Å². The third-order valence-electron chi connectivity index (χ3n) is 6.84. The minimum Gasteiger partial charge on any atom is -0.360 e. The third kappa shape index (κ3) is 8.18. The summed E-state index contributed by atoms with van der Waals surface area (Å²) >= 11 is 18.5. The van der Waals surface area contributed by atoms with Gasteiger partial charge < -0.3 is 20.1 Å². The second kappa shape index (κ2) is 13.8. The highest BCUT2D eigenvalue weighted by Gasteiger charge is 2.22. The van der Waals surface area contributed by atoms with Crippen molar-refractivity contribution in [2.45, 2.75) is 64.2 Å². The second-order valence-electron chi connectivity index (χ2n) is 9.99. The van der Waals surface area contributed by atoms with Crippen LogP contribution in [0.15, 0.2) is 55.0 Å². The molecule has 10 heteroatoms. The Labute approximate surface area is 245 Å². The topological polar surface area (TPSA) is 86.0 Å². The molecule has 7 nitrogen and oxygen atoms in total. The zero-order valence-electron chi connectivity index (χ0n) is 21.9. The molecule has 1 fully saturated rings. The van der Waals surface area contributed by atoms with Crippen LogP contribution in [0.2, 0.25) is 10.0 Å². The molecule has 1 aromatic heterocycles. The lowest BCUT2D eigenvalue weighted by Crippen LogP contribution is -2.49. The molecule has 1 aliphatic carbocycles. The summed E-state index contributed by atoms with van der Waals surface area (Å²) in [6.45, 7) is 3.53. The number of thiocarbonyl (C=S) groups is 1. The number of nitrogens with zero attached hydrogens (tertiary/aromatic N) is 4. The highest BCUT2D eigenvalue weighted by molar-refractivity contribution is 7.80. The molecule has 1 aliphatic rings. The number of rotatable bonds is 10. The largest absolute Gasteiger partial charge is 0.360 e. The van der Waals surface area contributed by atoms with E-state index in [1.54, 1.807) is 30.7 Å². The molecule has 0 spiro atoms. The quantitative estimate of drug-likeness (QED) is 0.308. The van der Waals surface area contributed by atoms with E-state index in [4.69, 9.17) is 40.7 Å². The zero-order valence-corrected chi connectivity index (χ0v) is 24.2. The lowest BCUT2D eigenvalue weighted by Gasteiger charge is -2.31. The summed E-state index contributed by atoms with van der Waals surface area (Å²) in [6, 6.07) is 15.3. The number of benzene rings is 2. The molecule has 2 N–H and O–H groups in total. The van der Waals surface area contributed by atoms with E-state index in [1.165, 1.54) is 12.8 Å². The first-order valence-corrected chi connectivity index (χ1v) is 14.2. The molecule has 0 radical (unpaired) electrons. The maximum atomic E-state index is 13.0. The van der Waals surface area contributed by atoms with Gasteiger partial charge in [0.15, 0.2) is 5.11 Å². The molecule has 2 aromatic carbocycles. The SMILES string of the molecule is C[C@@H](CN(Cc1cccc(Cl)c1Cl)C(=S)NC1CCCC1)NC(=O)Cc1cncn1Cc1ccc(C#N)cc1. The predicted octanol–water partition coefficient (Wildman–Crippen LogP) is 5.48. The van der Waals surface area contributed by atoms with Gasteiger partial charge in [-0.1, -0.05) is 60.3 Å². The fourth-order valence-electron chi connectivity index (χ4n) is 4.82. The molecule has 0 unspecified atom stereocenters. The molecule has 1 heterocycles. The number of hydrogen-bond donors (Lipinski definition) is 2. The van der Waals surface area contributed by atoms with E-state index in [0.717, 1.165) is 29.7 Å². The fraction of sp³-hybridized carbons (Fsp3) is 0.379. The summed E-state index contributed by atoms with van der Waals surface area (Å²) in [5.74, 6) is -0.0977. The monoisotopic (exact) mass is 582 g/mol. The fourth-order valence-corrected chi connectivity index (χ4v) is 5.50. The minimum atomic E-state index is -0.173. The van der Waals surface area contributed by atoms with Gasteiger partial charge in [-0.05, 0) is 61.3 Å². The van der Waals surface area contributed by atoms with Gasteiger partial charge in [-0.2, -0.15) is 5.26 Å². The zero-order chi connectivity index (χ0) is 27.8. The Morgan fingerprint density at radius 2 is 1.97 bits per heavy atom. The van der Waals surface area contributed by atoms with Crippen molar-refractivity contribution >= 4 is 46.4 Å². The molecule has 39 heavy (non-hydrogen) atoms. The Hall–Kier alpha value is -3.12. The maximum Gasteiger partial charge on any atom is 0.226 e.